The van der Waals surface area contributed by atoms with Crippen LogP contribution in [0.5, 0.6) is 0 Å². The van der Waals surface area contributed by atoms with Gasteiger partial charge in [-0.1, -0.05) is 24.3 Å². The van der Waals surface area contributed by atoms with Gasteiger partial charge in [-0.3, -0.25) is 0 Å². The molecule has 0 aliphatic carbocycles. The molecule has 0 aliphatic heterocycles. The van der Waals surface area contributed by atoms with Crippen molar-refractivity contribution in [1.29, 1.82) is 0 Å². The maximum atomic E-state index is 4.90. The Labute approximate surface area is 176 Å². The van der Waals surface area contributed by atoms with Gasteiger partial charge in [0.2, 0.25) is 0 Å². The van der Waals surface area contributed by atoms with Crippen LogP contribution in [-0.4, -0.2) is 24.7 Å². The van der Waals surface area contributed by atoms with Gasteiger partial charge in [0, 0.05) is 21.7 Å². The highest BCUT2D eigenvalue weighted by Crippen LogP contribution is 2.38. The summed E-state index contributed by atoms with van der Waals surface area (Å²) in [7, 11) is 0. The first kappa shape index (κ1) is 19.2. The number of aromatic nitrogens is 5. The topological polar surface area (TPSA) is 56.5 Å². The second-order valence-corrected chi connectivity index (χ2v) is 9.37. The molecule has 0 unspecified atom stereocenters. The first-order chi connectivity index (χ1) is 13.7. The Bertz CT molecular complexity index is 1120. The zero-order valence-corrected chi connectivity index (χ0v) is 18.1. The molecule has 0 N–H and O–H groups in total. The van der Waals surface area contributed by atoms with E-state index in [-0.39, 0.29) is 0 Å². The molecule has 0 saturated carbocycles. The van der Waals surface area contributed by atoms with Crippen molar-refractivity contribution < 1.29 is 0 Å². The normalized spacial score (nSPS) is 11.2. The standard InChI is InChI=1S/C20H19N5S3/c1-4-10-25-12-21-24-20(25)28-19-17-13(2)14(3)27-18(17)22-16(23-19)11-26-15-8-6-5-7-9-15/h4-9,12H,1,10-11H2,2-3H3. The number of aryl methyl sites for hydroxylation is 2. The predicted molar refractivity (Wildman–Crippen MR) is 117 cm³/mol. The Morgan fingerprint density at radius 3 is 2.79 bits per heavy atom. The zero-order chi connectivity index (χ0) is 19.5. The van der Waals surface area contributed by atoms with Crippen LogP contribution >= 0.6 is 34.9 Å². The molecule has 4 aromatic rings. The van der Waals surface area contributed by atoms with Crippen LogP contribution in [-0.2, 0) is 12.3 Å². The molecule has 3 heterocycles. The average molecular weight is 426 g/mol. The van der Waals surface area contributed by atoms with Gasteiger partial charge in [0.15, 0.2) is 5.16 Å². The molecular weight excluding hydrogens is 406 g/mol. The molecule has 5 nitrogen and oxygen atoms in total. The summed E-state index contributed by atoms with van der Waals surface area (Å²) < 4.78 is 1.97. The molecule has 0 atom stereocenters. The number of rotatable bonds is 7. The van der Waals surface area contributed by atoms with E-state index < -0.39 is 0 Å². The molecule has 0 spiro atoms. The van der Waals surface area contributed by atoms with Gasteiger partial charge in [0.05, 0.1) is 5.75 Å². The number of nitrogens with zero attached hydrogens (tertiary/aromatic N) is 5. The minimum Gasteiger partial charge on any atom is -0.304 e. The number of thioether (sulfide) groups is 1. The van der Waals surface area contributed by atoms with Gasteiger partial charge < -0.3 is 4.57 Å². The van der Waals surface area contributed by atoms with Gasteiger partial charge >= 0.3 is 0 Å². The Morgan fingerprint density at radius 1 is 1.18 bits per heavy atom. The summed E-state index contributed by atoms with van der Waals surface area (Å²) in [5.74, 6) is 1.56. The second-order valence-electron chi connectivity index (χ2n) is 6.17. The van der Waals surface area contributed by atoms with Gasteiger partial charge in [-0.05, 0) is 43.3 Å². The van der Waals surface area contributed by atoms with E-state index in [1.54, 1.807) is 41.2 Å². The summed E-state index contributed by atoms with van der Waals surface area (Å²) in [6.45, 7) is 8.74. The summed E-state index contributed by atoms with van der Waals surface area (Å²) in [6, 6.07) is 10.3. The monoisotopic (exact) mass is 425 g/mol. The van der Waals surface area contributed by atoms with Crippen LogP contribution in [0.3, 0.4) is 0 Å². The average Bonchev–Trinajstić information content (AvgIpc) is 3.25. The number of allylic oxidation sites excluding steroid dienone is 1. The maximum absolute atomic E-state index is 4.90. The molecule has 3 aromatic heterocycles. The van der Waals surface area contributed by atoms with E-state index in [1.165, 1.54) is 15.3 Å². The van der Waals surface area contributed by atoms with Crippen molar-refractivity contribution in [3.63, 3.8) is 0 Å². The third-order valence-corrected chi connectivity index (χ3v) is 7.34. The van der Waals surface area contributed by atoms with E-state index in [0.29, 0.717) is 6.54 Å². The Kier molecular flexibility index (Phi) is 5.79. The van der Waals surface area contributed by atoms with Gasteiger partial charge in [0.25, 0.3) is 0 Å². The quantitative estimate of drug-likeness (QED) is 0.220. The predicted octanol–water partition coefficient (Wildman–Crippen LogP) is 5.53. The second kappa shape index (κ2) is 8.46. The fraction of sp³-hybridized carbons (Fsp3) is 0.200. The van der Waals surface area contributed by atoms with Crippen LogP contribution < -0.4 is 0 Å². The highest BCUT2D eigenvalue weighted by atomic mass is 32.2. The third-order valence-electron chi connectivity index (χ3n) is 4.25. The molecule has 0 aliphatic rings. The Balaban J connectivity index is 1.70. The third kappa shape index (κ3) is 3.99. The minimum atomic E-state index is 0.669. The van der Waals surface area contributed by atoms with Crippen LogP contribution in [0.15, 0.2) is 64.4 Å². The lowest BCUT2D eigenvalue weighted by molar-refractivity contribution is 0.724. The molecule has 0 fully saturated rings. The van der Waals surface area contributed by atoms with Crippen molar-refractivity contribution in [2.45, 2.75) is 41.2 Å². The van der Waals surface area contributed by atoms with Crippen molar-refractivity contribution in [3.05, 3.63) is 65.6 Å². The summed E-state index contributed by atoms with van der Waals surface area (Å²) >= 11 is 5.01. The van der Waals surface area contributed by atoms with Crippen molar-refractivity contribution >= 4 is 45.1 Å². The van der Waals surface area contributed by atoms with Gasteiger partial charge in [0.1, 0.15) is 22.0 Å². The first-order valence-electron chi connectivity index (χ1n) is 8.76. The highest BCUT2D eigenvalue weighted by Gasteiger charge is 2.18. The number of hydrogen-bond acceptors (Lipinski definition) is 7. The summed E-state index contributed by atoms with van der Waals surface area (Å²) in [6.07, 6.45) is 3.56. The smallest absolute Gasteiger partial charge is 0.197 e. The molecule has 0 radical (unpaired) electrons. The van der Waals surface area contributed by atoms with E-state index >= 15 is 0 Å². The summed E-state index contributed by atoms with van der Waals surface area (Å²) in [4.78, 5) is 13.2. The van der Waals surface area contributed by atoms with Crippen molar-refractivity contribution in [2.24, 2.45) is 0 Å². The van der Waals surface area contributed by atoms with Crippen molar-refractivity contribution in [3.8, 4) is 0 Å². The molecule has 0 saturated heterocycles. The molecule has 0 bridgehead atoms. The van der Waals surface area contributed by atoms with Gasteiger partial charge in [-0.2, -0.15) is 0 Å². The first-order valence-corrected chi connectivity index (χ1v) is 11.4. The molecule has 8 heteroatoms. The lowest BCUT2D eigenvalue weighted by Crippen LogP contribution is -1.99. The van der Waals surface area contributed by atoms with E-state index in [4.69, 9.17) is 9.97 Å². The van der Waals surface area contributed by atoms with Crippen LogP contribution in [0.25, 0.3) is 10.2 Å². The van der Waals surface area contributed by atoms with E-state index in [1.807, 2.05) is 28.8 Å². The Morgan fingerprint density at radius 2 is 2.00 bits per heavy atom. The molecule has 28 heavy (non-hydrogen) atoms. The van der Waals surface area contributed by atoms with Crippen molar-refractivity contribution in [1.82, 2.24) is 24.7 Å². The molecular formula is C20H19N5S3. The van der Waals surface area contributed by atoms with Crippen LogP contribution in [0.2, 0.25) is 0 Å². The number of hydrogen-bond donors (Lipinski definition) is 0. The maximum Gasteiger partial charge on any atom is 0.197 e. The SMILES string of the molecule is C=CCn1cnnc1Sc1nc(CSc2ccccc2)nc2sc(C)c(C)c12. The van der Waals surface area contributed by atoms with Gasteiger partial charge in [-0.25, -0.2) is 9.97 Å². The van der Waals surface area contributed by atoms with E-state index in [2.05, 4.69) is 42.8 Å². The number of thiophene rings is 1. The number of benzene rings is 1. The van der Waals surface area contributed by atoms with Crippen LogP contribution in [0.1, 0.15) is 16.3 Å². The highest BCUT2D eigenvalue weighted by molar-refractivity contribution is 7.99. The van der Waals surface area contributed by atoms with E-state index in [9.17, 15) is 0 Å². The molecule has 142 valence electrons. The largest absolute Gasteiger partial charge is 0.304 e. The molecule has 1 aromatic carbocycles. The minimum absolute atomic E-state index is 0.669. The lowest BCUT2D eigenvalue weighted by Gasteiger charge is -2.07. The summed E-state index contributed by atoms with van der Waals surface area (Å²) in [5.41, 5.74) is 1.24. The molecule has 4 rings (SSSR count). The van der Waals surface area contributed by atoms with Crippen molar-refractivity contribution in [2.75, 3.05) is 0 Å². The van der Waals surface area contributed by atoms with Crippen LogP contribution in [0, 0.1) is 13.8 Å². The fourth-order valence-electron chi connectivity index (χ4n) is 2.73. The summed E-state index contributed by atoms with van der Waals surface area (Å²) in [5, 5.41) is 11.2. The van der Waals surface area contributed by atoms with Gasteiger partial charge in [-0.15, -0.1) is 39.9 Å². The van der Waals surface area contributed by atoms with E-state index in [0.717, 1.165) is 32.0 Å². The zero-order valence-electron chi connectivity index (χ0n) is 15.6. The lowest BCUT2D eigenvalue weighted by atomic mass is 10.2. The van der Waals surface area contributed by atoms with Crippen LogP contribution in [0.4, 0.5) is 0 Å². The molecule has 0 amide bonds. The fourth-order valence-corrected chi connectivity index (χ4v) is 5.62. The number of fused-ring (bicyclic) bond motifs is 1. The Hall–Kier alpha value is -2.16.